The Morgan fingerprint density at radius 2 is 1.74 bits per heavy atom. The number of benzene rings is 2. The van der Waals surface area contributed by atoms with Gasteiger partial charge in [-0.15, -0.1) is 0 Å². The van der Waals surface area contributed by atoms with Crippen molar-refractivity contribution in [2.75, 3.05) is 19.5 Å². The van der Waals surface area contributed by atoms with E-state index in [0.717, 1.165) is 36.8 Å². The number of rotatable bonds is 8. The highest BCUT2D eigenvalue weighted by Gasteiger charge is 2.26. The van der Waals surface area contributed by atoms with Crippen molar-refractivity contribution in [2.24, 2.45) is 5.92 Å². The second-order valence-electron chi connectivity index (χ2n) is 8.18. The Morgan fingerprint density at radius 3 is 2.41 bits per heavy atom. The summed E-state index contributed by atoms with van der Waals surface area (Å²) < 4.78 is 21.4. The molecule has 1 fully saturated rings. The summed E-state index contributed by atoms with van der Waals surface area (Å²) in [6.45, 7) is 1.79. The van der Waals surface area contributed by atoms with Gasteiger partial charge in [0.2, 0.25) is 11.7 Å². The summed E-state index contributed by atoms with van der Waals surface area (Å²) in [5.74, 6) is 0.430. The van der Waals surface area contributed by atoms with Gasteiger partial charge in [0, 0.05) is 23.6 Å². The maximum Gasteiger partial charge on any atom is 0.340 e. The van der Waals surface area contributed by atoms with Crippen LogP contribution in [0.1, 0.15) is 47.4 Å². The maximum absolute atomic E-state index is 13.0. The first-order valence-corrected chi connectivity index (χ1v) is 11.1. The lowest BCUT2D eigenvalue weighted by Gasteiger charge is -2.16. The fourth-order valence-corrected chi connectivity index (χ4v) is 3.91. The van der Waals surface area contributed by atoms with Gasteiger partial charge < -0.3 is 24.1 Å². The number of carbonyl (C=O) groups is 2. The molecule has 9 heteroatoms. The van der Waals surface area contributed by atoms with Crippen molar-refractivity contribution in [3.05, 3.63) is 53.3 Å². The Labute approximate surface area is 197 Å². The third-order valence-corrected chi connectivity index (χ3v) is 5.83. The number of aryl methyl sites for hydroxylation is 1. The zero-order valence-corrected chi connectivity index (χ0v) is 19.4. The van der Waals surface area contributed by atoms with Crippen molar-refractivity contribution in [1.29, 1.82) is 0 Å². The number of hydrogen-bond donors (Lipinski definition) is 1. The minimum Gasteiger partial charge on any atom is -0.493 e. The Balaban J connectivity index is 1.51. The maximum atomic E-state index is 13.0. The number of amides is 1. The predicted molar refractivity (Wildman–Crippen MR) is 124 cm³/mol. The molecule has 0 aliphatic heterocycles. The van der Waals surface area contributed by atoms with E-state index >= 15 is 0 Å². The van der Waals surface area contributed by atoms with Crippen molar-refractivity contribution in [3.8, 4) is 23.0 Å². The van der Waals surface area contributed by atoms with Crippen LogP contribution in [0.15, 0.2) is 40.9 Å². The van der Waals surface area contributed by atoms with Gasteiger partial charge in [-0.3, -0.25) is 4.79 Å². The number of anilines is 1. The quantitative estimate of drug-likeness (QED) is 0.482. The summed E-state index contributed by atoms with van der Waals surface area (Å²) in [5, 5.41) is 6.75. The van der Waals surface area contributed by atoms with Crippen LogP contribution in [0.5, 0.6) is 11.5 Å². The molecule has 1 aliphatic rings. The average molecular weight is 466 g/mol. The first kappa shape index (κ1) is 23.3. The standard InChI is InChI=1S/C25H27N3O6/c1-15-8-10-17(11-9-15)24-27-22(28-34-24)14-33-25(30)18-12-20(31-2)21(32-3)13-19(18)26-23(29)16-6-4-5-7-16/h8-13,16H,4-7,14H2,1-3H3,(H,26,29). The Kier molecular flexibility index (Phi) is 7.10. The molecule has 1 amide bonds. The lowest BCUT2D eigenvalue weighted by atomic mass is 10.1. The van der Waals surface area contributed by atoms with E-state index in [9.17, 15) is 9.59 Å². The van der Waals surface area contributed by atoms with Crippen LogP contribution in [0.2, 0.25) is 0 Å². The molecule has 3 aromatic rings. The van der Waals surface area contributed by atoms with Gasteiger partial charge in [0.15, 0.2) is 18.1 Å². The molecule has 0 atom stereocenters. The Hall–Kier alpha value is -3.88. The van der Waals surface area contributed by atoms with Crippen molar-refractivity contribution in [2.45, 2.75) is 39.2 Å². The number of hydrogen-bond acceptors (Lipinski definition) is 8. The van der Waals surface area contributed by atoms with Crippen LogP contribution in [0, 0.1) is 12.8 Å². The van der Waals surface area contributed by atoms with Gasteiger partial charge in [-0.2, -0.15) is 4.98 Å². The molecule has 0 radical (unpaired) electrons. The van der Waals surface area contributed by atoms with Crippen LogP contribution in [0.4, 0.5) is 5.69 Å². The molecule has 0 bridgehead atoms. The first-order chi connectivity index (χ1) is 16.5. The minimum atomic E-state index is -0.663. The number of nitrogens with one attached hydrogen (secondary N) is 1. The summed E-state index contributed by atoms with van der Waals surface area (Å²) >= 11 is 0. The van der Waals surface area contributed by atoms with Gasteiger partial charge in [-0.25, -0.2) is 4.79 Å². The van der Waals surface area contributed by atoms with Crippen LogP contribution >= 0.6 is 0 Å². The van der Waals surface area contributed by atoms with Gasteiger partial charge in [0.1, 0.15) is 0 Å². The van der Waals surface area contributed by atoms with Crippen molar-refractivity contribution < 1.29 is 28.3 Å². The van der Waals surface area contributed by atoms with Crippen LogP contribution in [0.25, 0.3) is 11.5 Å². The van der Waals surface area contributed by atoms with Gasteiger partial charge in [-0.05, 0) is 31.9 Å². The van der Waals surface area contributed by atoms with Crippen LogP contribution in [-0.4, -0.2) is 36.2 Å². The first-order valence-electron chi connectivity index (χ1n) is 11.1. The summed E-state index contributed by atoms with van der Waals surface area (Å²) in [7, 11) is 2.95. The van der Waals surface area contributed by atoms with Crippen LogP contribution < -0.4 is 14.8 Å². The monoisotopic (exact) mass is 465 g/mol. The van der Waals surface area contributed by atoms with E-state index in [1.165, 1.54) is 20.3 Å². The molecule has 1 aliphatic carbocycles. The lowest BCUT2D eigenvalue weighted by molar-refractivity contribution is -0.119. The fourth-order valence-electron chi connectivity index (χ4n) is 3.91. The molecular formula is C25H27N3O6. The zero-order chi connectivity index (χ0) is 24.1. The van der Waals surface area contributed by atoms with Crippen LogP contribution in [0.3, 0.4) is 0 Å². The van der Waals surface area contributed by atoms with E-state index < -0.39 is 5.97 Å². The van der Waals surface area contributed by atoms with Crippen molar-refractivity contribution >= 4 is 17.6 Å². The summed E-state index contributed by atoms with van der Waals surface area (Å²) in [6.07, 6.45) is 3.71. The van der Waals surface area contributed by atoms with Crippen molar-refractivity contribution in [3.63, 3.8) is 0 Å². The minimum absolute atomic E-state index is 0.0727. The second kappa shape index (κ2) is 10.4. The molecule has 0 spiro atoms. The lowest BCUT2D eigenvalue weighted by Crippen LogP contribution is -2.22. The van der Waals surface area contributed by atoms with Gasteiger partial charge in [0.25, 0.3) is 5.89 Å². The van der Waals surface area contributed by atoms with Gasteiger partial charge in [-0.1, -0.05) is 35.7 Å². The highest BCUT2D eigenvalue weighted by atomic mass is 16.5. The highest BCUT2D eigenvalue weighted by Crippen LogP contribution is 2.35. The molecule has 1 heterocycles. The average Bonchev–Trinajstić information content (AvgIpc) is 3.55. The molecule has 1 saturated carbocycles. The van der Waals surface area contributed by atoms with Crippen molar-refractivity contribution in [1.82, 2.24) is 10.1 Å². The van der Waals surface area contributed by atoms with E-state index in [0.29, 0.717) is 23.1 Å². The molecule has 0 unspecified atom stereocenters. The molecule has 34 heavy (non-hydrogen) atoms. The largest absolute Gasteiger partial charge is 0.493 e. The number of ether oxygens (including phenoxy) is 3. The molecular weight excluding hydrogens is 438 g/mol. The summed E-state index contributed by atoms with van der Waals surface area (Å²) in [4.78, 5) is 30.0. The van der Waals surface area contributed by atoms with E-state index in [2.05, 4.69) is 15.5 Å². The van der Waals surface area contributed by atoms with E-state index in [1.54, 1.807) is 6.07 Å². The van der Waals surface area contributed by atoms with E-state index in [1.807, 2.05) is 31.2 Å². The SMILES string of the molecule is COc1cc(NC(=O)C2CCCC2)c(C(=O)OCc2noc(-c3ccc(C)cc3)n2)cc1OC. The van der Waals surface area contributed by atoms with Gasteiger partial charge in [0.05, 0.1) is 25.5 Å². The summed E-state index contributed by atoms with van der Waals surface area (Å²) in [6, 6.07) is 10.7. The molecule has 2 aromatic carbocycles. The molecule has 0 saturated heterocycles. The topological polar surface area (TPSA) is 113 Å². The van der Waals surface area contributed by atoms with E-state index in [4.69, 9.17) is 18.7 Å². The number of carbonyl (C=O) groups excluding carboxylic acids is 2. The molecule has 9 nitrogen and oxygen atoms in total. The number of methoxy groups -OCH3 is 2. The highest BCUT2D eigenvalue weighted by molar-refractivity contribution is 6.02. The second-order valence-corrected chi connectivity index (χ2v) is 8.18. The Bertz CT molecular complexity index is 1170. The molecule has 1 aromatic heterocycles. The number of aromatic nitrogens is 2. The predicted octanol–water partition coefficient (Wildman–Crippen LogP) is 4.55. The number of esters is 1. The third-order valence-electron chi connectivity index (χ3n) is 5.83. The fraction of sp³-hybridized carbons (Fsp3) is 0.360. The van der Waals surface area contributed by atoms with Crippen LogP contribution in [-0.2, 0) is 16.1 Å². The molecule has 1 N–H and O–H groups in total. The third kappa shape index (κ3) is 5.19. The normalized spacial score (nSPS) is 13.5. The number of nitrogens with zero attached hydrogens (tertiary/aromatic N) is 2. The molecule has 178 valence electrons. The summed E-state index contributed by atoms with van der Waals surface area (Å²) in [5.41, 5.74) is 2.33. The van der Waals surface area contributed by atoms with Gasteiger partial charge >= 0.3 is 5.97 Å². The smallest absolute Gasteiger partial charge is 0.340 e. The zero-order valence-electron chi connectivity index (χ0n) is 19.4. The van der Waals surface area contributed by atoms with E-state index in [-0.39, 0.29) is 29.8 Å². The Morgan fingerprint density at radius 1 is 1.06 bits per heavy atom. The molecule has 4 rings (SSSR count).